The number of unbranched alkanes of at least 4 members (excludes halogenated alkanes) is 2. The number of benzene rings is 2. The van der Waals surface area contributed by atoms with Gasteiger partial charge in [0.1, 0.15) is 0 Å². The first kappa shape index (κ1) is 14.5. The predicted molar refractivity (Wildman–Crippen MR) is 83.6 cm³/mol. The Morgan fingerprint density at radius 3 is 2.60 bits per heavy atom. The summed E-state index contributed by atoms with van der Waals surface area (Å²) < 4.78 is 0. The highest BCUT2D eigenvalue weighted by Gasteiger charge is 2.03. The van der Waals surface area contributed by atoms with Crippen molar-refractivity contribution in [3.8, 4) is 0 Å². The van der Waals surface area contributed by atoms with Gasteiger partial charge in [0.05, 0.1) is 6.42 Å². The molecule has 2 aromatic carbocycles. The molecule has 0 bridgehead atoms. The summed E-state index contributed by atoms with van der Waals surface area (Å²) in [6, 6.07) is 14.4. The second kappa shape index (κ2) is 7.65. The molecule has 0 radical (unpaired) electrons. The lowest BCUT2D eigenvalue weighted by atomic mass is 10.0. The van der Waals surface area contributed by atoms with Gasteiger partial charge in [-0.2, -0.15) is 0 Å². The van der Waals surface area contributed by atoms with Gasteiger partial charge in [0.15, 0.2) is 0 Å². The molecule has 0 fully saturated rings. The minimum Gasteiger partial charge on any atom is -0.356 e. The largest absolute Gasteiger partial charge is 0.356 e. The number of amides is 1. The molecule has 3 heteroatoms. The van der Waals surface area contributed by atoms with E-state index < -0.39 is 0 Å². The van der Waals surface area contributed by atoms with Crippen molar-refractivity contribution in [3.05, 3.63) is 48.0 Å². The molecule has 0 heterocycles. The second-order valence-electron chi connectivity index (χ2n) is 5.06. The monoisotopic (exact) mass is 270 g/mol. The number of hydrogen-bond donors (Lipinski definition) is 2. The fourth-order valence-electron chi connectivity index (χ4n) is 2.27. The van der Waals surface area contributed by atoms with Crippen LogP contribution < -0.4 is 11.1 Å². The smallest absolute Gasteiger partial charge is 0.224 e. The highest BCUT2D eigenvalue weighted by Crippen LogP contribution is 2.15. The maximum absolute atomic E-state index is 11.8. The van der Waals surface area contributed by atoms with Crippen molar-refractivity contribution in [2.45, 2.75) is 25.7 Å². The van der Waals surface area contributed by atoms with Crippen LogP contribution in [0.1, 0.15) is 24.8 Å². The molecule has 1 amide bonds. The van der Waals surface area contributed by atoms with Crippen molar-refractivity contribution in [1.29, 1.82) is 0 Å². The Morgan fingerprint density at radius 2 is 1.80 bits per heavy atom. The number of carbonyl (C=O) groups is 1. The molecule has 0 aliphatic heterocycles. The Balaban J connectivity index is 1.83. The van der Waals surface area contributed by atoms with Crippen molar-refractivity contribution >= 4 is 16.7 Å². The van der Waals surface area contributed by atoms with Crippen molar-refractivity contribution in [1.82, 2.24) is 5.32 Å². The first-order chi connectivity index (χ1) is 9.79. The highest BCUT2D eigenvalue weighted by molar-refractivity contribution is 5.85. The number of hydrogen-bond acceptors (Lipinski definition) is 2. The Hall–Kier alpha value is -1.87. The number of nitrogens with one attached hydrogen (secondary N) is 1. The zero-order chi connectivity index (χ0) is 14.2. The Bertz CT molecular complexity index is 566. The zero-order valence-electron chi connectivity index (χ0n) is 11.8. The molecular formula is C17H22N2O. The summed E-state index contributed by atoms with van der Waals surface area (Å²) in [5.41, 5.74) is 6.49. The van der Waals surface area contributed by atoms with Crippen molar-refractivity contribution in [3.63, 3.8) is 0 Å². The van der Waals surface area contributed by atoms with Crippen LogP contribution in [0, 0.1) is 0 Å². The van der Waals surface area contributed by atoms with Gasteiger partial charge in [-0.25, -0.2) is 0 Å². The van der Waals surface area contributed by atoms with Crippen LogP contribution in [0.4, 0.5) is 0 Å². The van der Waals surface area contributed by atoms with Crippen molar-refractivity contribution < 1.29 is 4.79 Å². The summed E-state index contributed by atoms with van der Waals surface area (Å²) >= 11 is 0. The molecule has 3 N–H and O–H groups in total. The third kappa shape index (κ3) is 4.35. The number of rotatable bonds is 7. The molecule has 2 aromatic rings. The second-order valence-corrected chi connectivity index (χ2v) is 5.06. The average molecular weight is 270 g/mol. The van der Waals surface area contributed by atoms with E-state index in [1.807, 2.05) is 18.2 Å². The fourth-order valence-corrected chi connectivity index (χ4v) is 2.27. The van der Waals surface area contributed by atoms with E-state index in [-0.39, 0.29) is 5.91 Å². The summed E-state index contributed by atoms with van der Waals surface area (Å²) in [7, 11) is 0. The highest BCUT2D eigenvalue weighted by atomic mass is 16.1. The van der Waals surface area contributed by atoms with Gasteiger partial charge in [-0.05, 0) is 35.7 Å². The quantitative estimate of drug-likeness (QED) is 0.760. The van der Waals surface area contributed by atoms with Gasteiger partial charge < -0.3 is 11.1 Å². The number of fused-ring (bicyclic) bond motifs is 1. The Morgan fingerprint density at radius 1 is 1.00 bits per heavy atom. The molecule has 0 aliphatic carbocycles. The van der Waals surface area contributed by atoms with Gasteiger partial charge in [-0.15, -0.1) is 0 Å². The van der Waals surface area contributed by atoms with Crippen LogP contribution in [0.3, 0.4) is 0 Å². The summed E-state index contributed by atoms with van der Waals surface area (Å²) in [4.78, 5) is 11.8. The van der Waals surface area contributed by atoms with Gasteiger partial charge in [-0.1, -0.05) is 48.9 Å². The predicted octanol–water partition coefficient (Wildman–Crippen LogP) is 2.63. The molecule has 106 valence electrons. The van der Waals surface area contributed by atoms with E-state index in [2.05, 4.69) is 29.6 Å². The Kier molecular flexibility index (Phi) is 5.56. The van der Waals surface area contributed by atoms with Gasteiger partial charge in [-0.3, -0.25) is 4.79 Å². The standard InChI is InChI=1S/C17H22N2O/c18-10-4-1-5-11-19-17(20)13-14-8-9-15-6-2-3-7-16(15)12-14/h2-3,6-9,12H,1,4-5,10-11,13,18H2,(H,19,20). The van der Waals surface area contributed by atoms with Crippen LogP contribution in [0.25, 0.3) is 10.8 Å². The van der Waals surface area contributed by atoms with Gasteiger partial charge in [0.2, 0.25) is 5.91 Å². The Labute approximate surface area is 120 Å². The summed E-state index contributed by atoms with van der Waals surface area (Å²) in [5.74, 6) is 0.0908. The number of carbonyl (C=O) groups excluding carboxylic acids is 1. The first-order valence-electron chi connectivity index (χ1n) is 7.24. The molecule has 2 rings (SSSR count). The van der Waals surface area contributed by atoms with Crippen LogP contribution in [0.15, 0.2) is 42.5 Å². The topological polar surface area (TPSA) is 55.1 Å². The van der Waals surface area contributed by atoms with E-state index in [0.29, 0.717) is 6.42 Å². The van der Waals surface area contributed by atoms with Crippen LogP contribution in [-0.4, -0.2) is 19.0 Å². The summed E-state index contributed by atoms with van der Waals surface area (Å²) in [6.07, 6.45) is 3.55. The minimum absolute atomic E-state index is 0.0908. The molecule has 0 atom stereocenters. The van der Waals surface area contributed by atoms with E-state index in [0.717, 1.165) is 37.9 Å². The molecular weight excluding hydrogens is 248 g/mol. The van der Waals surface area contributed by atoms with E-state index in [1.165, 1.54) is 10.8 Å². The normalized spacial score (nSPS) is 10.7. The molecule has 3 nitrogen and oxygen atoms in total. The van der Waals surface area contributed by atoms with Gasteiger partial charge in [0.25, 0.3) is 0 Å². The summed E-state index contributed by atoms with van der Waals surface area (Å²) in [6.45, 7) is 1.47. The summed E-state index contributed by atoms with van der Waals surface area (Å²) in [5, 5.41) is 5.35. The minimum atomic E-state index is 0.0908. The zero-order valence-corrected chi connectivity index (χ0v) is 11.8. The van der Waals surface area contributed by atoms with Crippen molar-refractivity contribution in [2.75, 3.05) is 13.1 Å². The van der Waals surface area contributed by atoms with E-state index in [1.54, 1.807) is 0 Å². The van der Waals surface area contributed by atoms with Crippen LogP contribution in [0.2, 0.25) is 0 Å². The van der Waals surface area contributed by atoms with Gasteiger partial charge in [0, 0.05) is 6.54 Å². The number of nitrogens with two attached hydrogens (primary N) is 1. The maximum atomic E-state index is 11.8. The van der Waals surface area contributed by atoms with E-state index in [4.69, 9.17) is 5.73 Å². The molecule has 0 saturated heterocycles. The third-order valence-electron chi connectivity index (χ3n) is 3.38. The van der Waals surface area contributed by atoms with Crippen LogP contribution >= 0.6 is 0 Å². The van der Waals surface area contributed by atoms with E-state index >= 15 is 0 Å². The van der Waals surface area contributed by atoms with Gasteiger partial charge >= 0.3 is 0 Å². The molecule has 0 unspecified atom stereocenters. The van der Waals surface area contributed by atoms with E-state index in [9.17, 15) is 4.79 Å². The lowest BCUT2D eigenvalue weighted by molar-refractivity contribution is -0.120. The molecule has 0 aliphatic rings. The maximum Gasteiger partial charge on any atom is 0.224 e. The molecule has 0 spiro atoms. The van der Waals surface area contributed by atoms with Crippen LogP contribution in [-0.2, 0) is 11.2 Å². The fraction of sp³-hybridized carbons (Fsp3) is 0.353. The third-order valence-corrected chi connectivity index (χ3v) is 3.38. The lowest BCUT2D eigenvalue weighted by Gasteiger charge is -2.06. The van der Waals surface area contributed by atoms with Crippen LogP contribution in [0.5, 0.6) is 0 Å². The molecule has 20 heavy (non-hydrogen) atoms. The SMILES string of the molecule is NCCCCCNC(=O)Cc1ccc2ccccc2c1. The molecule has 0 saturated carbocycles. The lowest BCUT2D eigenvalue weighted by Crippen LogP contribution is -2.26. The average Bonchev–Trinajstić information content (AvgIpc) is 2.47. The first-order valence-corrected chi connectivity index (χ1v) is 7.24. The van der Waals surface area contributed by atoms with Crippen molar-refractivity contribution in [2.24, 2.45) is 5.73 Å². The molecule has 0 aromatic heterocycles.